The molecule has 1 aromatic rings. The molecule has 15 heavy (non-hydrogen) atoms. The van der Waals surface area contributed by atoms with Gasteiger partial charge in [0, 0.05) is 18.3 Å². The van der Waals surface area contributed by atoms with Crippen molar-refractivity contribution < 1.29 is 0 Å². The van der Waals surface area contributed by atoms with Crippen molar-refractivity contribution in [2.45, 2.75) is 18.9 Å². The van der Waals surface area contributed by atoms with Crippen LogP contribution in [0, 0.1) is 17.2 Å². The minimum Gasteiger partial charge on any atom is -0.383 e. The van der Waals surface area contributed by atoms with Crippen LogP contribution in [-0.2, 0) is 0 Å². The Kier molecular flexibility index (Phi) is 2.89. The maximum Gasteiger partial charge on any atom is 0.0992 e. The van der Waals surface area contributed by atoms with Gasteiger partial charge in [0.2, 0.25) is 0 Å². The molecule has 0 heterocycles. The van der Waals surface area contributed by atoms with E-state index >= 15 is 0 Å². The fraction of sp³-hybridized carbons (Fsp3) is 0.417. The van der Waals surface area contributed by atoms with Crippen LogP contribution < -0.4 is 11.1 Å². The van der Waals surface area contributed by atoms with Crippen LogP contribution in [0.5, 0.6) is 0 Å². The number of nitrogens with zero attached hydrogens (tertiary/aromatic N) is 1. The van der Waals surface area contributed by atoms with E-state index in [1.165, 1.54) is 12.8 Å². The van der Waals surface area contributed by atoms with Crippen LogP contribution in [0.1, 0.15) is 18.4 Å². The Morgan fingerprint density at radius 1 is 1.53 bits per heavy atom. The predicted molar refractivity (Wildman–Crippen MR) is 60.3 cm³/mol. The largest absolute Gasteiger partial charge is 0.383 e. The average molecular weight is 201 g/mol. The minimum absolute atomic E-state index is 0.246. The molecule has 1 unspecified atom stereocenters. The molecule has 0 amide bonds. The smallest absolute Gasteiger partial charge is 0.0992 e. The molecule has 1 fully saturated rings. The van der Waals surface area contributed by atoms with Gasteiger partial charge in [0.15, 0.2) is 0 Å². The highest BCUT2D eigenvalue weighted by Gasteiger charge is 2.27. The van der Waals surface area contributed by atoms with E-state index in [1.807, 2.05) is 18.2 Å². The Labute approximate surface area is 89.9 Å². The summed E-state index contributed by atoms with van der Waals surface area (Å²) in [6.45, 7) is 0.791. The highest BCUT2D eigenvalue weighted by atomic mass is 14.9. The van der Waals surface area contributed by atoms with Gasteiger partial charge in [-0.1, -0.05) is 6.07 Å². The summed E-state index contributed by atoms with van der Waals surface area (Å²) in [5, 5.41) is 12.0. The van der Waals surface area contributed by atoms with E-state index in [9.17, 15) is 0 Å². The maximum atomic E-state index is 8.74. The zero-order valence-corrected chi connectivity index (χ0v) is 8.61. The first kappa shape index (κ1) is 10.0. The number of nitrogens with two attached hydrogens (primary N) is 1. The van der Waals surface area contributed by atoms with Crippen molar-refractivity contribution >= 4 is 5.69 Å². The monoisotopic (exact) mass is 201 g/mol. The van der Waals surface area contributed by atoms with E-state index in [0.29, 0.717) is 11.5 Å². The summed E-state index contributed by atoms with van der Waals surface area (Å²) in [6, 6.07) is 9.85. The quantitative estimate of drug-likeness (QED) is 0.779. The minimum atomic E-state index is 0.246. The molecule has 1 aromatic carbocycles. The first-order valence-electron chi connectivity index (χ1n) is 5.29. The number of nitriles is 1. The van der Waals surface area contributed by atoms with Crippen LogP contribution >= 0.6 is 0 Å². The first-order valence-corrected chi connectivity index (χ1v) is 5.29. The second-order valence-corrected chi connectivity index (χ2v) is 4.07. The average Bonchev–Trinajstić information content (AvgIpc) is 3.10. The predicted octanol–water partition coefficient (Wildman–Crippen LogP) is 1.71. The molecule has 1 aliphatic carbocycles. The Hall–Kier alpha value is -1.53. The van der Waals surface area contributed by atoms with Gasteiger partial charge in [-0.25, -0.2) is 0 Å². The van der Waals surface area contributed by atoms with Crippen molar-refractivity contribution in [3.05, 3.63) is 29.8 Å². The molecule has 78 valence electrons. The highest BCUT2D eigenvalue weighted by molar-refractivity contribution is 5.49. The van der Waals surface area contributed by atoms with Crippen molar-refractivity contribution in [1.82, 2.24) is 0 Å². The van der Waals surface area contributed by atoms with Crippen LogP contribution in [-0.4, -0.2) is 12.6 Å². The first-order chi connectivity index (χ1) is 7.29. The van der Waals surface area contributed by atoms with Gasteiger partial charge in [0.25, 0.3) is 0 Å². The third-order valence-electron chi connectivity index (χ3n) is 2.76. The standard InChI is InChI=1S/C12H15N3/c13-7-9-2-1-3-11(6-9)15-8-12(14)10-4-5-10/h1-3,6,10,12,15H,4-5,8,14H2. The summed E-state index contributed by atoms with van der Waals surface area (Å²) in [6.07, 6.45) is 2.53. The molecule has 0 radical (unpaired) electrons. The van der Waals surface area contributed by atoms with Gasteiger partial charge >= 0.3 is 0 Å². The number of hydrogen-bond acceptors (Lipinski definition) is 3. The van der Waals surface area contributed by atoms with Crippen LogP contribution in [0.25, 0.3) is 0 Å². The van der Waals surface area contributed by atoms with Crippen LogP contribution in [0.4, 0.5) is 5.69 Å². The van der Waals surface area contributed by atoms with Crippen LogP contribution in [0.3, 0.4) is 0 Å². The molecule has 3 nitrogen and oxygen atoms in total. The number of benzene rings is 1. The topological polar surface area (TPSA) is 61.8 Å². The summed E-state index contributed by atoms with van der Waals surface area (Å²) >= 11 is 0. The Morgan fingerprint density at radius 2 is 2.33 bits per heavy atom. The molecule has 1 atom stereocenters. The molecule has 3 heteroatoms. The van der Waals surface area contributed by atoms with Gasteiger partial charge < -0.3 is 11.1 Å². The second-order valence-electron chi connectivity index (χ2n) is 4.07. The third-order valence-corrected chi connectivity index (χ3v) is 2.76. The molecule has 0 bridgehead atoms. The molecule has 1 saturated carbocycles. The van der Waals surface area contributed by atoms with E-state index < -0.39 is 0 Å². The van der Waals surface area contributed by atoms with E-state index in [2.05, 4.69) is 11.4 Å². The van der Waals surface area contributed by atoms with Crippen LogP contribution in [0.2, 0.25) is 0 Å². The van der Waals surface area contributed by atoms with E-state index in [4.69, 9.17) is 11.0 Å². The van der Waals surface area contributed by atoms with E-state index in [-0.39, 0.29) is 6.04 Å². The second kappa shape index (κ2) is 4.33. The molecule has 1 aliphatic rings. The SMILES string of the molecule is N#Cc1cccc(NCC(N)C2CC2)c1. The molecule has 0 spiro atoms. The molecule has 0 aromatic heterocycles. The van der Waals surface area contributed by atoms with Gasteiger partial charge in [0.1, 0.15) is 0 Å². The highest BCUT2D eigenvalue weighted by Crippen LogP contribution is 2.31. The maximum absolute atomic E-state index is 8.74. The summed E-state index contributed by atoms with van der Waals surface area (Å²) < 4.78 is 0. The lowest BCUT2D eigenvalue weighted by Gasteiger charge is -2.12. The molecular weight excluding hydrogens is 186 g/mol. The Balaban J connectivity index is 1.89. The van der Waals surface area contributed by atoms with Crippen molar-refractivity contribution in [1.29, 1.82) is 5.26 Å². The van der Waals surface area contributed by atoms with Gasteiger partial charge in [-0.3, -0.25) is 0 Å². The zero-order valence-electron chi connectivity index (χ0n) is 8.61. The zero-order chi connectivity index (χ0) is 10.7. The molecular formula is C12H15N3. The van der Waals surface area contributed by atoms with Gasteiger partial charge in [0.05, 0.1) is 11.6 Å². The lowest BCUT2D eigenvalue weighted by atomic mass is 10.2. The Bertz CT molecular complexity index is 377. The summed E-state index contributed by atoms with van der Waals surface area (Å²) in [7, 11) is 0. The number of hydrogen-bond donors (Lipinski definition) is 2. The number of rotatable bonds is 4. The van der Waals surface area contributed by atoms with E-state index in [1.54, 1.807) is 6.07 Å². The van der Waals surface area contributed by atoms with Crippen molar-refractivity contribution in [3.63, 3.8) is 0 Å². The van der Waals surface area contributed by atoms with E-state index in [0.717, 1.165) is 12.2 Å². The fourth-order valence-corrected chi connectivity index (χ4v) is 1.63. The molecule has 0 saturated heterocycles. The number of nitrogens with one attached hydrogen (secondary N) is 1. The normalized spacial score (nSPS) is 16.8. The summed E-state index contributed by atoms with van der Waals surface area (Å²) in [4.78, 5) is 0. The van der Waals surface area contributed by atoms with Crippen molar-refractivity contribution in [3.8, 4) is 6.07 Å². The Morgan fingerprint density at radius 3 is 3.00 bits per heavy atom. The lowest BCUT2D eigenvalue weighted by Crippen LogP contribution is -2.31. The van der Waals surface area contributed by atoms with Gasteiger partial charge in [-0.2, -0.15) is 5.26 Å². The fourth-order valence-electron chi connectivity index (χ4n) is 1.63. The summed E-state index contributed by atoms with van der Waals surface area (Å²) in [5.74, 6) is 0.705. The number of anilines is 1. The third kappa shape index (κ3) is 2.71. The summed E-state index contributed by atoms with van der Waals surface area (Å²) in [5.41, 5.74) is 7.63. The molecule has 3 N–H and O–H groups in total. The van der Waals surface area contributed by atoms with Gasteiger partial charge in [-0.15, -0.1) is 0 Å². The van der Waals surface area contributed by atoms with Gasteiger partial charge in [-0.05, 0) is 37.0 Å². The van der Waals surface area contributed by atoms with Crippen molar-refractivity contribution in [2.75, 3.05) is 11.9 Å². The molecule has 2 rings (SSSR count). The molecule has 0 aliphatic heterocycles. The van der Waals surface area contributed by atoms with Crippen LogP contribution in [0.15, 0.2) is 24.3 Å². The van der Waals surface area contributed by atoms with Crippen molar-refractivity contribution in [2.24, 2.45) is 11.7 Å². The lowest BCUT2D eigenvalue weighted by molar-refractivity contribution is 0.621.